The third kappa shape index (κ3) is 3.67. The Morgan fingerprint density at radius 1 is 1.19 bits per heavy atom. The summed E-state index contributed by atoms with van der Waals surface area (Å²) in [5, 5.41) is 9.23. The average molecular weight is 363 g/mol. The van der Waals surface area contributed by atoms with Crippen molar-refractivity contribution in [3.05, 3.63) is 75.1 Å². The summed E-state index contributed by atoms with van der Waals surface area (Å²) in [7, 11) is 1.49. The van der Waals surface area contributed by atoms with Gasteiger partial charge in [0.1, 0.15) is 23.7 Å². The highest BCUT2D eigenvalue weighted by molar-refractivity contribution is 5.90. The van der Waals surface area contributed by atoms with E-state index in [9.17, 15) is 9.59 Å². The molecule has 3 aromatic rings. The topological polar surface area (TPSA) is 89.5 Å². The van der Waals surface area contributed by atoms with E-state index in [1.54, 1.807) is 24.3 Å². The standard InChI is InChI=1S/C21H17NO5/c1-3-15-10-18(23)16-8-9-19(25-2)17(20(16)27-15)12-26-21(24)14-6-4-13(11-22)5-7-14/h4-10H,3,12H2,1-2H3. The molecule has 0 saturated heterocycles. The van der Waals surface area contributed by atoms with Crippen LogP contribution < -0.4 is 10.2 Å². The van der Waals surface area contributed by atoms with E-state index in [1.165, 1.54) is 25.3 Å². The van der Waals surface area contributed by atoms with Gasteiger partial charge in [0.25, 0.3) is 0 Å². The SMILES string of the molecule is CCc1cc(=O)c2ccc(OC)c(COC(=O)c3ccc(C#N)cc3)c2o1. The number of benzene rings is 2. The van der Waals surface area contributed by atoms with Crippen LogP contribution in [-0.2, 0) is 17.8 Å². The van der Waals surface area contributed by atoms with Crippen LogP contribution in [0.2, 0.25) is 0 Å². The zero-order valence-corrected chi connectivity index (χ0v) is 14.9. The van der Waals surface area contributed by atoms with E-state index in [0.29, 0.717) is 45.6 Å². The molecule has 0 aliphatic heterocycles. The van der Waals surface area contributed by atoms with Crippen molar-refractivity contribution in [3.8, 4) is 11.8 Å². The van der Waals surface area contributed by atoms with Gasteiger partial charge in [-0.3, -0.25) is 4.79 Å². The van der Waals surface area contributed by atoms with Crippen molar-refractivity contribution in [2.45, 2.75) is 20.0 Å². The van der Waals surface area contributed by atoms with Crippen molar-refractivity contribution < 1.29 is 18.7 Å². The molecule has 136 valence electrons. The number of methoxy groups -OCH3 is 1. The third-order valence-electron chi connectivity index (χ3n) is 4.17. The van der Waals surface area contributed by atoms with Crippen LogP contribution in [0.3, 0.4) is 0 Å². The minimum Gasteiger partial charge on any atom is -0.496 e. The minimum absolute atomic E-state index is 0.116. The van der Waals surface area contributed by atoms with E-state index in [4.69, 9.17) is 19.2 Å². The van der Waals surface area contributed by atoms with E-state index in [2.05, 4.69) is 0 Å². The summed E-state index contributed by atoms with van der Waals surface area (Å²) < 4.78 is 16.6. The first-order valence-electron chi connectivity index (χ1n) is 8.37. The van der Waals surface area contributed by atoms with Crippen LogP contribution >= 0.6 is 0 Å². The van der Waals surface area contributed by atoms with Crippen LogP contribution in [-0.4, -0.2) is 13.1 Å². The second-order valence-electron chi connectivity index (χ2n) is 5.82. The maximum Gasteiger partial charge on any atom is 0.338 e. The highest BCUT2D eigenvalue weighted by atomic mass is 16.5. The number of rotatable bonds is 5. The second-order valence-corrected chi connectivity index (χ2v) is 5.82. The van der Waals surface area contributed by atoms with Crippen LogP contribution in [0.4, 0.5) is 0 Å². The number of nitriles is 1. The summed E-state index contributed by atoms with van der Waals surface area (Å²) in [4.78, 5) is 24.6. The summed E-state index contributed by atoms with van der Waals surface area (Å²) in [5.74, 6) is 0.458. The van der Waals surface area contributed by atoms with Gasteiger partial charge in [-0.2, -0.15) is 5.26 Å². The Labute approximate surface area is 155 Å². The van der Waals surface area contributed by atoms with Gasteiger partial charge in [-0.25, -0.2) is 4.79 Å². The molecule has 0 unspecified atom stereocenters. The van der Waals surface area contributed by atoms with E-state index in [1.807, 2.05) is 13.0 Å². The lowest BCUT2D eigenvalue weighted by Crippen LogP contribution is -2.09. The molecule has 0 saturated carbocycles. The maximum absolute atomic E-state index is 12.3. The van der Waals surface area contributed by atoms with Gasteiger partial charge in [0.15, 0.2) is 5.43 Å². The number of carbonyl (C=O) groups excluding carboxylic acids is 1. The number of ether oxygens (including phenoxy) is 2. The number of hydrogen-bond donors (Lipinski definition) is 0. The maximum atomic E-state index is 12.3. The van der Waals surface area contributed by atoms with Crippen molar-refractivity contribution in [1.82, 2.24) is 0 Å². The molecule has 0 spiro atoms. The summed E-state index contributed by atoms with van der Waals surface area (Å²) in [6, 6.07) is 12.9. The van der Waals surface area contributed by atoms with Crippen molar-refractivity contribution >= 4 is 16.9 Å². The fraction of sp³-hybridized carbons (Fsp3) is 0.190. The van der Waals surface area contributed by atoms with Crippen LogP contribution in [0, 0.1) is 11.3 Å². The molecule has 0 radical (unpaired) electrons. The van der Waals surface area contributed by atoms with Crippen LogP contribution in [0.25, 0.3) is 11.0 Å². The quantitative estimate of drug-likeness (QED) is 0.644. The van der Waals surface area contributed by atoms with E-state index in [-0.39, 0.29) is 12.0 Å². The van der Waals surface area contributed by atoms with Gasteiger partial charge >= 0.3 is 5.97 Å². The zero-order chi connectivity index (χ0) is 19.4. The number of hydrogen-bond acceptors (Lipinski definition) is 6. The first-order chi connectivity index (χ1) is 13.1. The number of nitrogens with zero attached hydrogens (tertiary/aromatic N) is 1. The molecule has 0 bridgehead atoms. The molecule has 3 rings (SSSR count). The predicted octanol–water partition coefficient (Wildman–Crippen LogP) is 3.59. The normalized spacial score (nSPS) is 10.4. The average Bonchev–Trinajstić information content (AvgIpc) is 2.71. The third-order valence-corrected chi connectivity index (χ3v) is 4.17. The van der Waals surface area contributed by atoms with Gasteiger partial charge in [-0.15, -0.1) is 0 Å². The highest BCUT2D eigenvalue weighted by Crippen LogP contribution is 2.28. The largest absolute Gasteiger partial charge is 0.496 e. The minimum atomic E-state index is -0.549. The van der Waals surface area contributed by atoms with E-state index in [0.717, 1.165) is 0 Å². The number of carbonyl (C=O) groups is 1. The molecule has 0 aliphatic rings. The molecular weight excluding hydrogens is 346 g/mol. The monoisotopic (exact) mass is 363 g/mol. The summed E-state index contributed by atoms with van der Waals surface area (Å²) >= 11 is 0. The molecule has 0 amide bonds. The fourth-order valence-electron chi connectivity index (χ4n) is 2.71. The Morgan fingerprint density at radius 3 is 2.56 bits per heavy atom. The van der Waals surface area contributed by atoms with Crippen molar-refractivity contribution in [2.75, 3.05) is 7.11 Å². The molecule has 6 nitrogen and oxygen atoms in total. The predicted molar refractivity (Wildman–Crippen MR) is 98.7 cm³/mol. The Hall–Kier alpha value is -3.59. The Kier molecular flexibility index (Phi) is 5.23. The fourth-order valence-corrected chi connectivity index (χ4v) is 2.71. The summed E-state index contributed by atoms with van der Waals surface area (Å²) in [6.45, 7) is 1.77. The van der Waals surface area contributed by atoms with Crippen molar-refractivity contribution in [3.63, 3.8) is 0 Å². The van der Waals surface area contributed by atoms with Gasteiger partial charge in [0.05, 0.1) is 35.3 Å². The molecule has 2 aromatic carbocycles. The van der Waals surface area contributed by atoms with Crippen molar-refractivity contribution in [2.24, 2.45) is 0 Å². The Balaban J connectivity index is 1.95. The number of fused-ring (bicyclic) bond motifs is 1. The van der Waals surface area contributed by atoms with E-state index >= 15 is 0 Å². The molecule has 0 fully saturated rings. The molecule has 1 heterocycles. The molecule has 6 heteroatoms. The molecule has 0 atom stereocenters. The van der Waals surface area contributed by atoms with E-state index < -0.39 is 5.97 Å². The Morgan fingerprint density at radius 2 is 1.93 bits per heavy atom. The van der Waals surface area contributed by atoms with Crippen LogP contribution in [0.1, 0.15) is 34.2 Å². The smallest absolute Gasteiger partial charge is 0.338 e. The summed E-state index contributed by atoms with van der Waals surface area (Å²) in [6.07, 6.45) is 0.562. The Bertz CT molecular complexity index is 1090. The lowest BCUT2D eigenvalue weighted by Gasteiger charge is -2.12. The second kappa shape index (κ2) is 7.75. The number of esters is 1. The number of aryl methyl sites for hydroxylation is 1. The molecule has 0 N–H and O–H groups in total. The van der Waals surface area contributed by atoms with Gasteiger partial charge in [-0.05, 0) is 36.4 Å². The van der Waals surface area contributed by atoms with Gasteiger partial charge < -0.3 is 13.9 Å². The first-order valence-corrected chi connectivity index (χ1v) is 8.37. The van der Waals surface area contributed by atoms with Crippen LogP contribution in [0.15, 0.2) is 51.7 Å². The molecule has 0 aliphatic carbocycles. The lowest BCUT2D eigenvalue weighted by atomic mass is 10.1. The van der Waals surface area contributed by atoms with Gasteiger partial charge in [-0.1, -0.05) is 6.92 Å². The molecule has 1 aromatic heterocycles. The summed E-state index contributed by atoms with van der Waals surface area (Å²) in [5.41, 5.74) is 1.46. The molecular formula is C21H17NO5. The van der Waals surface area contributed by atoms with Gasteiger partial charge in [0.2, 0.25) is 0 Å². The van der Waals surface area contributed by atoms with Crippen LogP contribution in [0.5, 0.6) is 5.75 Å². The van der Waals surface area contributed by atoms with Crippen molar-refractivity contribution in [1.29, 1.82) is 5.26 Å². The lowest BCUT2D eigenvalue weighted by molar-refractivity contribution is 0.0471. The highest BCUT2D eigenvalue weighted by Gasteiger charge is 2.16. The van der Waals surface area contributed by atoms with Gasteiger partial charge in [0, 0.05) is 12.5 Å². The first kappa shape index (κ1) is 18.2. The zero-order valence-electron chi connectivity index (χ0n) is 14.9. The molecule has 27 heavy (non-hydrogen) atoms.